The van der Waals surface area contributed by atoms with Gasteiger partial charge < -0.3 is 9.84 Å². The van der Waals surface area contributed by atoms with Gasteiger partial charge >= 0.3 is 12.3 Å². The Morgan fingerprint density at radius 1 is 1.50 bits per heavy atom. The fourth-order valence-corrected chi connectivity index (χ4v) is 2.76. The summed E-state index contributed by atoms with van der Waals surface area (Å²) in [6.45, 7) is 1.39. The lowest BCUT2D eigenvalue weighted by Gasteiger charge is -2.36. The van der Waals surface area contributed by atoms with E-state index in [4.69, 9.17) is 0 Å². The van der Waals surface area contributed by atoms with Crippen molar-refractivity contribution in [1.29, 1.82) is 0 Å². The molecule has 0 bridgehead atoms. The average Bonchev–Trinajstić information content (AvgIpc) is 2.51. The quantitative estimate of drug-likeness (QED) is 0.808. The van der Waals surface area contributed by atoms with Gasteiger partial charge in [0.05, 0.1) is 12.5 Å². The summed E-state index contributed by atoms with van der Waals surface area (Å²) in [4.78, 5) is 11.7. The van der Waals surface area contributed by atoms with Gasteiger partial charge in [-0.3, -0.25) is 0 Å². The van der Waals surface area contributed by atoms with Gasteiger partial charge in [-0.05, 0) is 26.2 Å². The molecule has 1 N–H and O–H groups in total. The highest BCUT2D eigenvalue weighted by atomic mass is 19.4. The molecule has 2 atom stereocenters. The molecule has 1 aliphatic heterocycles. The lowest BCUT2D eigenvalue weighted by atomic mass is 9.87. The summed E-state index contributed by atoms with van der Waals surface area (Å²) in [5.74, 6) is -1.20. The number of hydrogen-bond acceptors (Lipinski definition) is 4. The standard InChI is InChI=1S/C12H17F3N2O3/c1-2-20-10(18)17-11(19,12(13,14)15)8-6-4-3-5-7-9(8)16-17/h8,19H,2-7H2,1H3/t8-,11-/m1/s1. The van der Waals surface area contributed by atoms with Crippen molar-refractivity contribution >= 4 is 11.8 Å². The third-order valence-electron chi connectivity index (χ3n) is 3.72. The minimum Gasteiger partial charge on any atom is -0.448 e. The molecular formula is C12H17F3N2O3. The Labute approximate surface area is 114 Å². The maximum absolute atomic E-state index is 13.3. The third-order valence-corrected chi connectivity index (χ3v) is 3.72. The van der Waals surface area contributed by atoms with Crippen LogP contribution >= 0.6 is 0 Å². The van der Waals surface area contributed by atoms with Gasteiger partial charge in [0.15, 0.2) is 0 Å². The van der Waals surface area contributed by atoms with Crippen molar-refractivity contribution in [3.63, 3.8) is 0 Å². The highest BCUT2D eigenvalue weighted by Crippen LogP contribution is 2.47. The van der Waals surface area contributed by atoms with E-state index in [1.54, 1.807) is 0 Å². The molecule has 5 nitrogen and oxygen atoms in total. The average molecular weight is 294 g/mol. The van der Waals surface area contributed by atoms with E-state index in [9.17, 15) is 23.1 Å². The van der Waals surface area contributed by atoms with Crippen LogP contribution in [0.15, 0.2) is 5.10 Å². The van der Waals surface area contributed by atoms with Crippen molar-refractivity contribution in [1.82, 2.24) is 5.01 Å². The molecule has 1 saturated carbocycles. The number of amides is 1. The van der Waals surface area contributed by atoms with E-state index in [0.717, 1.165) is 6.42 Å². The Balaban J connectivity index is 2.40. The lowest BCUT2D eigenvalue weighted by Crippen LogP contribution is -2.61. The molecule has 8 heteroatoms. The van der Waals surface area contributed by atoms with E-state index in [2.05, 4.69) is 9.84 Å². The number of rotatable bonds is 1. The molecule has 1 heterocycles. The van der Waals surface area contributed by atoms with Gasteiger partial charge in [-0.25, -0.2) is 4.79 Å². The van der Waals surface area contributed by atoms with Crippen LogP contribution in [0.2, 0.25) is 0 Å². The maximum Gasteiger partial charge on any atom is 0.439 e. The molecule has 2 rings (SSSR count). The highest BCUT2D eigenvalue weighted by molar-refractivity contribution is 5.91. The Hall–Kier alpha value is -1.31. The summed E-state index contributed by atoms with van der Waals surface area (Å²) in [5, 5.41) is 14.0. The molecule has 2 aliphatic rings. The summed E-state index contributed by atoms with van der Waals surface area (Å²) < 4.78 is 44.6. The molecule has 0 aromatic rings. The van der Waals surface area contributed by atoms with Crippen LogP contribution in [0.25, 0.3) is 0 Å². The Kier molecular flexibility index (Phi) is 3.95. The number of nitrogens with zero attached hydrogens (tertiary/aromatic N) is 2. The summed E-state index contributed by atoms with van der Waals surface area (Å²) in [7, 11) is 0. The number of fused-ring (bicyclic) bond motifs is 1. The molecule has 0 spiro atoms. The second kappa shape index (κ2) is 5.23. The zero-order chi connectivity index (χ0) is 15.0. The third kappa shape index (κ3) is 2.25. The second-order valence-corrected chi connectivity index (χ2v) is 4.98. The molecule has 0 unspecified atom stereocenters. The van der Waals surface area contributed by atoms with Crippen LogP contribution in [0.4, 0.5) is 18.0 Å². The first-order valence-corrected chi connectivity index (χ1v) is 6.65. The van der Waals surface area contributed by atoms with Crippen LogP contribution in [0.1, 0.15) is 39.0 Å². The van der Waals surface area contributed by atoms with E-state index < -0.39 is 23.9 Å². The second-order valence-electron chi connectivity index (χ2n) is 4.98. The van der Waals surface area contributed by atoms with Crippen LogP contribution in [-0.4, -0.2) is 40.4 Å². The van der Waals surface area contributed by atoms with Crippen molar-refractivity contribution in [2.24, 2.45) is 11.0 Å². The lowest BCUT2D eigenvalue weighted by molar-refractivity contribution is -0.314. The van der Waals surface area contributed by atoms with E-state index >= 15 is 0 Å². The molecule has 0 aromatic heterocycles. The summed E-state index contributed by atoms with van der Waals surface area (Å²) in [6.07, 6.45) is -3.67. The number of carbonyl (C=O) groups is 1. The van der Waals surface area contributed by atoms with Crippen LogP contribution in [0.3, 0.4) is 0 Å². The van der Waals surface area contributed by atoms with E-state index in [1.807, 2.05) is 0 Å². The first-order valence-electron chi connectivity index (χ1n) is 6.65. The minimum atomic E-state index is -4.99. The van der Waals surface area contributed by atoms with E-state index in [1.165, 1.54) is 6.92 Å². The van der Waals surface area contributed by atoms with Gasteiger partial charge in [-0.2, -0.15) is 23.3 Å². The number of aliphatic hydroxyl groups is 1. The SMILES string of the molecule is CCOC(=O)N1N=C2CCCCC[C@H]2[C@@]1(O)C(F)(F)F. The number of ether oxygens (including phenoxy) is 1. The first kappa shape index (κ1) is 15.1. The smallest absolute Gasteiger partial charge is 0.439 e. The number of halogens is 3. The van der Waals surface area contributed by atoms with Crippen LogP contribution in [-0.2, 0) is 4.74 Å². The summed E-state index contributed by atoms with van der Waals surface area (Å²) >= 11 is 0. The fourth-order valence-electron chi connectivity index (χ4n) is 2.76. The fraction of sp³-hybridized carbons (Fsp3) is 0.833. The monoisotopic (exact) mass is 294 g/mol. The van der Waals surface area contributed by atoms with Gasteiger partial charge in [0.1, 0.15) is 0 Å². The Morgan fingerprint density at radius 3 is 2.80 bits per heavy atom. The van der Waals surface area contributed by atoms with Gasteiger partial charge in [0.25, 0.3) is 5.72 Å². The van der Waals surface area contributed by atoms with Crippen molar-refractivity contribution in [3.05, 3.63) is 0 Å². The van der Waals surface area contributed by atoms with Crippen LogP contribution < -0.4 is 0 Å². The molecule has 20 heavy (non-hydrogen) atoms. The normalized spacial score (nSPS) is 30.6. The van der Waals surface area contributed by atoms with Crippen molar-refractivity contribution in [2.75, 3.05) is 6.61 Å². The van der Waals surface area contributed by atoms with Gasteiger partial charge in [-0.1, -0.05) is 12.8 Å². The van der Waals surface area contributed by atoms with Gasteiger partial charge in [0.2, 0.25) is 0 Å². The highest BCUT2D eigenvalue weighted by Gasteiger charge is 2.68. The zero-order valence-corrected chi connectivity index (χ0v) is 11.1. The topological polar surface area (TPSA) is 62.1 Å². The molecule has 1 fully saturated rings. The molecular weight excluding hydrogens is 277 g/mol. The zero-order valence-electron chi connectivity index (χ0n) is 11.1. The number of carbonyl (C=O) groups excluding carboxylic acids is 1. The predicted octanol–water partition coefficient (Wildman–Crippen LogP) is 2.65. The molecule has 1 aliphatic carbocycles. The first-order chi connectivity index (χ1) is 9.32. The Morgan fingerprint density at radius 2 is 2.20 bits per heavy atom. The van der Waals surface area contributed by atoms with E-state index in [-0.39, 0.29) is 23.7 Å². The van der Waals surface area contributed by atoms with Crippen LogP contribution in [0.5, 0.6) is 0 Å². The van der Waals surface area contributed by atoms with Gasteiger partial charge in [-0.15, -0.1) is 0 Å². The minimum absolute atomic E-state index is 0.0713. The number of hydrazone groups is 1. The molecule has 0 radical (unpaired) electrons. The predicted molar refractivity (Wildman–Crippen MR) is 63.9 cm³/mol. The van der Waals surface area contributed by atoms with Crippen molar-refractivity contribution in [3.8, 4) is 0 Å². The number of alkyl halides is 3. The van der Waals surface area contributed by atoms with Crippen molar-refractivity contribution < 1.29 is 27.8 Å². The molecule has 0 aromatic carbocycles. The largest absolute Gasteiger partial charge is 0.448 e. The molecule has 114 valence electrons. The number of hydrogen-bond donors (Lipinski definition) is 1. The summed E-state index contributed by atoms with van der Waals surface area (Å²) in [5.41, 5.74) is -3.06. The van der Waals surface area contributed by atoms with Crippen LogP contribution in [0, 0.1) is 5.92 Å². The maximum atomic E-state index is 13.3. The Bertz CT molecular complexity index is 425. The molecule has 1 amide bonds. The van der Waals surface area contributed by atoms with Crippen molar-refractivity contribution in [2.45, 2.75) is 50.9 Å². The molecule has 0 saturated heterocycles. The van der Waals surface area contributed by atoms with E-state index in [0.29, 0.717) is 19.3 Å². The van der Waals surface area contributed by atoms with Gasteiger partial charge in [0, 0.05) is 5.71 Å². The summed E-state index contributed by atoms with van der Waals surface area (Å²) in [6, 6.07) is 0.